The fourth-order valence-corrected chi connectivity index (χ4v) is 3.51. The van der Waals surface area contributed by atoms with Crippen molar-refractivity contribution in [1.29, 1.82) is 0 Å². The minimum Gasteiger partial charge on any atom is -0.457 e. The zero-order chi connectivity index (χ0) is 22.4. The third-order valence-electron chi connectivity index (χ3n) is 4.53. The number of amides is 1. The van der Waals surface area contributed by atoms with Crippen molar-refractivity contribution in [3.8, 4) is 11.5 Å². The summed E-state index contributed by atoms with van der Waals surface area (Å²) in [7, 11) is 0. The summed E-state index contributed by atoms with van der Waals surface area (Å²) in [5.74, 6) is 1.16. The summed E-state index contributed by atoms with van der Waals surface area (Å²) in [6.07, 6.45) is 0.945. The van der Waals surface area contributed by atoms with Gasteiger partial charge in [-0.15, -0.1) is 0 Å². The third-order valence-corrected chi connectivity index (χ3v) is 5.06. The highest BCUT2D eigenvalue weighted by Gasteiger charge is 2.13. The second-order valence-electron chi connectivity index (χ2n) is 7.67. The van der Waals surface area contributed by atoms with E-state index in [1.807, 2.05) is 82.3 Å². The van der Waals surface area contributed by atoms with Gasteiger partial charge in [0.1, 0.15) is 11.5 Å². The number of carbonyl (C=O) groups excluding carboxylic acids is 1. The number of rotatable bonds is 8. The number of benzene rings is 2. The van der Waals surface area contributed by atoms with Crippen LogP contribution in [0, 0.1) is 6.92 Å². The Bertz CT molecular complexity index is 1040. The van der Waals surface area contributed by atoms with E-state index < -0.39 is 0 Å². The lowest BCUT2D eigenvalue weighted by molar-refractivity contribution is 0.0190. The van der Waals surface area contributed by atoms with Crippen molar-refractivity contribution in [2.45, 2.75) is 46.3 Å². The number of nitrogens with zero attached hydrogens (tertiary/aromatic N) is 1. The number of hydrogen-bond acceptors (Lipinski definition) is 4. The van der Waals surface area contributed by atoms with Gasteiger partial charge >= 0.3 is 0 Å². The van der Waals surface area contributed by atoms with E-state index in [1.165, 1.54) is 0 Å². The van der Waals surface area contributed by atoms with Gasteiger partial charge in [0.2, 0.25) is 0 Å². The highest BCUT2D eigenvalue weighted by Crippen LogP contribution is 2.26. The van der Waals surface area contributed by atoms with Crippen molar-refractivity contribution in [1.82, 2.24) is 4.98 Å². The fraction of sp³-hybridized carbons (Fsp3) is 0.280. The number of ether oxygens (including phenoxy) is 2. The largest absolute Gasteiger partial charge is 0.457 e. The molecule has 2 aromatic carbocycles. The molecular weight excluding hydrogens is 456 g/mol. The Balaban J connectivity index is 1.66. The zero-order valence-corrected chi connectivity index (χ0v) is 19.8. The Morgan fingerprint density at radius 3 is 2.45 bits per heavy atom. The van der Waals surface area contributed by atoms with Crippen molar-refractivity contribution >= 4 is 27.5 Å². The standard InChI is InChI=1S/C25H27BrN2O3/c1-16(2)30-17(3)14-21-10-13-24(18(4)27-21)25(29)28-20-6-5-7-23(15-20)31-22-11-8-19(26)9-12-22/h5-13,15-17H,14H2,1-4H3,(H,28,29). The maximum Gasteiger partial charge on any atom is 0.257 e. The molecule has 162 valence electrons. The van der Waals surface area contributed by atoms with Crippen molar-refractivity contribution in [2.75, 3.05) is 5.32 Å². The van der Waals surface area contributed by atoms with E-state index in [4.69, 9.17) is 9.47 Å². The summed E-state index contributed by atoms with van der Waals surface area (Å²) in [4.78, 5) is 17.4. The lowest BCUT2D eigenvalue weighted by Crippen LogP contribution is -2.18. The molecule has 5 nitrogen and oxygen atoms in total. The predicted octanol–water partition coefficient (Wildman–Crippen LogP) is 6.55. The van der Waals surface area contributed by atoms with Gasteiger partial charge in [0.05, 0.1) is 23.5 Å². The van der Waals surface area contributed by atoms with Gasteiger partial charge in [-0.25, -0.2) is 0 Å². The van der Waals surface area contributed by atoms with Gasteiger partial charge in [-0.1, -0.05) is 22.0 Å². The normalized spacial score (nSPS) is 11.9. The van der Waals surface area contributed by atoms with Crippen LogP contribution in [0.5, 0.6) is 11.5 Å². The first kappa shape index (κ1) is 23.0. The number of anilines is 1. The monoisotopic (exact) mass is 482 g/mol. The van der Waals surface area contributed by atoms with Gasteiger partial charge in [-0.05, 0) is 76.2 Å². The highest BCUT2D eigenvalue weighted by atomic mass is 79.9. The van der Waals surface area contributed by atoms with Crippen molar-refractivity contribution in [3.63, 3.8) is 0 Å². The van der Waals surface area contributed by atoms with Crippen LogP contribution in [0.2, 0.25) is 0 Å². The quantitative estimate of drug-likeness (QED) is 0.395. The molecule has 1 heterocycles. The number of halogens is 1. The number of pyridine rings is 1. The van der Waals surface area contributed by atoms with Crippen molar-refractivity contribution < 1.29 is 14.3 Å². The number of aryl methyl sites for hydroxylation is 1. The molecule has 0 radical (unpaired) electrons. The van der Waals surface area contributed by atoms with Gasteiger partial charge < -0.3 is 14.8 Å². The van der Waals surface area contributed by atoms with E-state index in [9.17, 15) is 4.79 Å². The van der Waals surface area contributed by atoms with Crippen LogP contribution >= 0.6 is 15.9 Å². The molecule has 0 saturated carbocycles. The summed E-state index contributed by atoms with van der Waals surface area (Å²) in [5, 5.41) is 2.93. The summed E-state index contributed by atoms with van der Waals surface area (Å²) in [6.45, 7) is 7.91. The summed E-state index contributed by atoms with van der Waals surface area (Å²) < 4.78 is 12.6. The van der Waals surface area contributed by atoms with Crippen LogP contribution in [0.25, 0.3) is 0 Å². The van der Waals surface area contributed by atoms with Crippen LogP contribution in [-0.4, -0.2) is 23.1 Å². The Morgan fingerprint density at radius 1 is 1.03 bits per heavy atom. The van der Waals surface area contributed by atoms with Crippen molar-refractivity contribution in [3.05, 3.63) is 82.1 Å². The molecule has 0 aliphatic heterocycles. The second-order valence-corrected chi connectivity index (χ2v) is 8.59. The average Bonchev–Trinajstić information content (AvgIpc) is 2.69. The molecule has 1 unspecified atom stereocenters. The third kappa shape index (κ3) is 6.91. The molecule has 0 aliphatic carbocycles. The lowest BCUT2D eigenvalue weighted by Gasteiger charge is -2.16. The van der Waals surface area contributed by atoms with E-state index in [1.54, 1.807) is 6.07 Å². The SMILES string of the molecule is Cc1nc(CC(C)OC(C)C)ccc1C(=O)Nc1cccc(Oc2ccc(Br)cc2)c1. The minimum atomic E-state index is -0.205. The molecule has 0 spiro atoms. The first-order valence-electron chi connectivity index (χ1n) is 10.3. The summed E-state index contributed by atoms with van der Waals surface area (Å²) in [5.41, 5.74) is 2.79. The maximum atomic E-state index is 12.8. The first-order chi connectivity index (χ1) is 14.8. The molecule has 0 aliphatic rings. The molecule has 1 atom stereocenters. The van der Waals surface area contributed by atoms with E-state index in [-0.39, 0.29) is 18.1 Å². The average molecular weight is 483 g/mol. The van der Waals surface area contributed by atoms with Gasteiger partial charge in [-0.3, -0.25) is 9.78 Å². The maximum absolute atomic E-state index is 12.8. The molecule has 6 heteroatoms. The zero-order valence-electron chi connectivity index (χ0n) is 18.2. The topological polar surface area (TPSA) is 60.5 Å². The highest BCUT2D eigenvalue weighted by molar-refractivity contribution is 9.10. The Hall–Kier alpha value is -2.70. The van der Waals surface area contributed by atoms with Gasteiger partial charge in [0, 0.05) is 28.3 Å². The number of carbonyl (C=O) groups is 1. The minimum absolute atomic E-state index is 0.0695. The van der Waals surface area contributed by atoms with Crippen LogP contribution in [0.15, 0.2) is 65.1 Å². The van der Waals surface area contributed by atoms with Crippen LogP contribution in [-0.2, 0) is 11.2 Å². The van der Waals surface area contributed by atoms with Gasteiger partial charge in [0.25, 0.3) is 5.91 Å². The molecule has 1 aromatic heterocycles. The van der Waals surface area contributed by atoms with E-state index in [0.717, 1.165) is 15.9 Å². The summed E-state index contributed by atoms with van der Waals surface area (Å²) >= 11 is 3.41. The van der Waals surface area contributed by atoms with Crippen LogP contribution in [0.1, 0.15) is 42.5 Å². The first-order valence-corrected chi connectivity index (χ1v) is 11.1. The molecule has 0 bridgehead atoms. The molecule has 1 amide bonds. The van der Waals surface area contributed by atoms with E-state index in [0.29, 0.717) is 29.1 Å². The second kappa shape index (κ2) is 10.6. The van der Waals surface area contributed by atoms with Crippen LogP contribution < -0.4 is 10.1 Å². The predicted molar refractivity (Wildman–Crippen MR) is 127 cm³/mol. The number of nitrogens with one attached hydrogen (secondary N) is 1. The smallest absolute Gasteiger partial charge is 0.257 e. The summed E-state index contributed by atoms with van der Waals surface area (Å²) in [6, 6.07) is 18.6. The molecule has 1 N–H and O–H groups in total. The molecule has 31 heavy (non-hydrogen) atoms. The molecule has 0 saturated heterocycles. The molecular formula is C25H27BrN2O3. The van der Waals surface area contributed by atoms with Crippen molar-refractivity contribution in [2.24, 2.45) is 0 Å². The fourth-order valence-electron chi connectivity index (χ4n) is 3.25. The van der Waals surface area contributed by atoms with Gasteiger partial charge in [0.15, 0.2) is 0 Å². The Kier molecular flexibility index (Phi) is 7.82. The molecule has 0 fully saturated rings. The lowest BCUT2D eigenvalue weighted by atomic mass is 10.1. The molecule has 3 rings (SSSR count). The van der Waals surface area contributed by atoms with Crippen LogP contribution in [0.4, 0.5) is 5.69 Å². The van der Waals surface area contributed by atoms with E-state index in [2.05, 4.69) is 26.2 Å². The Morgan fingerprint density at radius 2 is 1.77 bits per heavy atom. The number of aromatic nitrogens is 1. The van der Waals surface area contributed by atoms with E-state index >= 15 is 0 Å². The number of hydrogen-bond donors (Lipinski definition) is 1. The van der Waals surface area contributed by atoms with Gasteiger partial charge in [-0.2, -0.15) is 0 Å². The molecule has 3 aromatic rings. The van der Waals surface area contributed by atoms with Crippen LogP contribution in [0.3, 0.4) is 0 Å². The Labute approximate surface area is 191 Å².